The van der Waals surface area contributed by atoms with E-state index >= 15 is 0 Å². The number of thiazole rings is 2. The number of hydrogen-bond acceptors (Lipinski definition) is 6. The van der Waals surface area contributed by atoms with E-state index < -0.39 is 0 Å². The quantitative estimate of drug-likeness (QED) is 0.403. The van der Waals surface area contributed by atoms with Crippen LogP contribution in [0.15, 0.2) is 48.5 Å². The van der Waals surface area contributed by atoms with Crippen LogP contribution in [0.3, 0.4) is 0 Å². The topological polar surface area (TPSA) is 52.8 Å². The third-order valence-corrected chi connectivity index (χ3v) is 5.09. The maximum Gasteiger partial charge on any atom is 0.206 e. The summed E-state index contributed by atoms with van der Waals surface area (Å²) in [4.78, 5) is 10.5. The smallest absolute Gasteiger partial charge is 0.206 e. The summed E-state index contributed by atoms with van der Waals surface area (Å²) in [6.45, 7) is 0. The lowest BCUT2D eigenvalue weighted by molar-refractivity contribution is 1.22. The number of para-hydroxylation sites is 2. The van der Waals surface area contributed by atoms with Crippen LogP contribution in [0.4, 0.5) is 10.3 Å². The van der Waals surface area contributed by atoms with Gasteiger partial charge in [-0.3, -0.25) is 0 Å². The number of nitrogens with zero attached hydrogens (tertiary/aromatic N) is 4. The van der Waals surface area contributed by atoms with Gasteiger partial charge in [-0.25, -0.2) is 9.97 Å². The number of nitriles is 1. The molecule has 0 saturated heterocycles. The molecular weight excluding hydrogens is 300 g/mol. The van der Waals surface area contributed by atoms with Crippen LogP contribution < -0.4 is 4.90 Å². The van der Waals surface area contributed by atoms with E-state index in [4.69, 9.17) is 0 Å². The molecular formula is C15H8N4S2. The van der Waals surface area contributed by atoms with Crippen molar-refractivity contribution in [3.05, 3.63) is 48.5 Å². The lowest BCUT2D eigenvalue weighted by atomic mass is 10.3. The Morgan fingerprint density at radius 2 is 1.29 bits per heavy atom. The van der Waals surface area contributed by atoms with Crippen LogP contribution >= 0.6 is 22.7 Å². The fourth-order valence-electron chi connectivity index (χ4n) is 2.08. The zero-order valence-electron chi connectivity index (χ0n) is 10.7. The average molecular weight is 308 g/mol. The zero-order valence-corrected chi connectivity index (χ0v) is 12.4. The first kappa shape index (κ1) is 12.3. The Labute approximate surface area is 128 Å². The van der Waals surface area contributed by atoms with Crippen molar-refractivity contribution in [2.75, 3.05) is 4.90 Å². The molecule has 0 atom stereocenters. The van der Waals surface area contributed by atoms with E-state index in [0.29, 0.717) is 10.3 Å². The maximum atomic E-state index is 9.49. The second-order valence-corrected chi connectivity index (χ2v) is 6.38. The van der Waals surface area contributed by atoms with Crippen LogP contribution in [0.5, 0.6) is 0 Å². The fraction of sp³-hybridized carbons (Fsp3) is 0. The minimum absolute atomic E-state index is 0.651. The Morgan fingerprint density at radius 1 is 0.810 bits per heavy atom. The highest BCUT2D eigenvalue weighted by Gasteiger charge is 2.17. The molecule has 0 spiro atoms. The summed E-state index contributed by atoms with van der Waals surface area (Å²) in [5, 5.41) is 10.8. The molecule has 0 bridgehead atoms. The van der Waals surface area contributed by atoms with Gasteiger partial charge in [0.1, 0.15) is 0 Å². The van der Waals surface area contributed by atoms with Gasteiger partial charge in [-0.15, -0.1) is 0 Å². The molecule has 0 radical (unpaired) electrons. The minimum Gasteiger partial charge on any atom is -0.219 e. The van der Waals surface area contributed by atoms with E-state index in [2.05, 4.69) is 16.2 Å². The van der Waals surface area contributed by atoms with Gasteiger partial charge < -0.3 is 0 Å². The lowest BCUT2D eigenvalue weighted by Crippen LogP contribution is -2.07. The van der Waals surface area contributed by atoms with Crippen molar-refractivity contribution in [2.24, 2.45) is 0 Å². The van der Waals surface area contributed by atoms with E-state index in [-0.39, 0.29) is 0 Å². The van der Waals surface area contributed by atoms with E-state index in [1.54, 1.807) is 0 Å². The molecule has 6 heteroatoms. The van der Waals surface area contributed by atoms with Crippen molar-refractivity contribution in [3.8, 4) is 6.19 Å². The molecule has 21 heavy (non-hydrogen) atoms. The van der Waals surface area contributed by atoms with Crippen molar-refractivity contribution < 1.29 is 0 Å². The minimum atomic E-state index is 0.651. The molecule has 2 heterocycles. The highest BCUT2D eigenvalue weighted by Crippen LogP contribution is 2.36. The summed E-state index contributed by atoms with van der Waals surface area (Å²) in [5.41, 5.74) is 1.80. The standard InChI is InChI=1S/C15H8N4S2/c16-9-19(14-17-10-5-1-3-7-12(10)20-14)15-18-11-6-2-4-8-13(11)21-15/h1-8H. The molecule has 0 N–H and O–H groups in total. The number of benzene rings is 2. The average Bonchev–Trinajstić information content (AvgIpc) is 3.11. The normalized spacial score (nSPS) is 10.8. The molecule has 0 aliphatic rings. The van der Waals surface area contributed by atoms with Gasteiger partial charge in [0.05, 0.1) is 20.4 Å². The number of aromatic nitrogens is 2. The predicted molar refractivity (Wildman–Crippen MR) is 87.0 cm³/mol. The van der Waals surface area contributed by atoms with Crippen molar-refractivity contribution in [3.63, 3.8) is 0 Å². The Kier molecular flexibility index (Phi) is 2.81. The van der Waals surface area contributed by atoms with Gasteiger partial charge >= 0.3 is 0 Å². The second-order valence-electron chi connectivity index (χ2n) is 4.36. The summed E-state index contributed by atoms with van der Waals surface area (Å²) >= 11 is 2.99. The Balaban J connectivity index is 1.85. The molecule has 0 unspecified atom stereocenters. The van der Waals surface area contributed by atoms with Gasteiger partial charge in [0.25, 0.3) is 0 Å². The summed E-state index contributed by atoms with van der Waals surface area (Å²) < 4.78 is 2.13. The molecule has 2 aromatic heterocycles. The number of hydrogen-bond donors (Lipinski definition) is 0. The molecule has 100 valence electrons. The van der Waals surface area contributed by atoms with E-state index in [9.17, 15) is 5.26 Å². The molecule has 2 aromatic carbocycles. The van der Waals surface area contributed by atoms with Gasteiger partial charge in [0.2, 0.25) is 10.3 Å². The van der Waals surface area contributed by atoms with Gasteiger partial charge in [-0.2, -0.15) is 10.2 Å². The second kappa shape index (κ2) is 4.81. The summed E-state index contributed by atoms with van der Waals surface area (Å²) in [7, 11) is 0. The van der Waals surface area contributed by atoms with Crippen LogP contribution in [0.2, 0.25) is 0 Å². The number of rotatable bonds is 2. The summed E-state index contributed by atoms with van der Waals surface area (Å²) in [6, 6.07) is 15.7. The molecule has 0 saturated carbocycles. The monoisotopic (exact) mass is 308 g/mol. The van der Waals surface area contributed by atoms with Crippen LogP contribution in [0, 0.1) is 11.5 Å². The Morgan fingerprint density at radius 3 is 1.71 bits per heavy atom. The first-order chi connectivity index (χ1) is 10.3. The fourth-order valence-corrected chi connectivity index (χ4v) is 3.98. The number of fused-ring (bicyclic) bond motifs is 2. The Hall–Kier alpha value is -2.49. The zero-order chi connectivity index (χ0) is 14.2. The highest BCUT2D eigenvalue weighted by atomic mass is 32.1. The maximum absolute atomic E-state index is 9.49. The molecule has 0 amide bonds. The molecule has 0 aliphatic heterocycles. The first-order valence-electron chi connectivity index (χ1n) is 6.26. The van der Waals surface area contributed by atoms with Gasteiger partial charge in [-0.1, -0.05) is 46.9 Å². The number of anilines is 2. The largest absolute Gasteiger partial charge is 0.219 e. The molecule has 0 fully saturated rings. The van der Waals surface area contributed by atoms with Crippen molar-refractivity contribution in [1.82, 2.24) is 9.97 Å². The molecule has 0 aliphatic carbocycles. The van der Waals surface area contributed by atoms with Crippen molar-refractivity contribution in [2.45, 2.75) is 0 Å². The SMILES string of the molecule is N#CN(c1nc2ccccc2s1)c1nc2ccccc2s1. The van der Waals surface area contributed by atoms with Crippen LogP contribution in [-0.4, -0.2) is 9.97 Å². The summed E-state index contributed by atoms with van der Waals surface area (Å²) in [6.07, 6.45) is 2.19. The van der Waals surface area contributed by atoms with Crippen molar-refractivity contribution in [1.29, 1.82) is 5.26 Å². The third kappa shape index (κ3) is 2.03. The van der Waals surface area contributed by atoms with Crippen LogP contribution in [0.1, 0.15) is 0 Å². The van der Waals surface area contributed by atoms with Gasteiger partial charge in [0.15, 0.2) is 6.19 Å². The van der Waals surface area contributed by atoms with Crippen LogP contribution in [-0.2, 0) is 0 Å². The molecule has 4 aromatic rings. The summed E-state index contributed by atoms with van der Waals surface area (Å²) in [5.74, 6) is 0. The lowest BCUT2D eigenvalue weighted by Gasteiger charge is -2.06. The first-order valence-corrected chi connectivity index (χ1v) is 7.89. The Bertz CT molecular complexity index is 840. The van der Waals surface area contributed by atoms with E-state index in [1.165, 1.54) is 27.6 Å². The van der Waals surface area contributed by atoms with Crippen LogP contribution in [0.25, 0.3) is 20.4 Å². The predicted octanol–water partition coefficient (Wildman–Crippen LogP) is 4.53. The van der Waals surface area contributed by atoms with E-state index in [1.807, 2.05) is 48.5 Å². The van der Waals surface area contributed by atoms with E-state index in [0.717, 1.165) is 20.4 Å². The third-order valence-electron chi connectivity index (χ3n) is 3.05. The van der Waals surface area contributed by atoms with Crippen molar-refractivity contribution >= 4 is 53.4 Å². The van der Waals surface area contributed by atoms with Gasteiger partial charge in [0, 0.05) is 0 Å². The van der Waals surface area contributed by atoms with Gasteiger partial charge in [-0.05, 0) is 24.3 Å². The highest BCUT2D eigenvalue weighted by molar-refractivity contribution is 7.24. The molecule has 4 rings (SSSR count). The molecule has 4 nitrogen and oxygen atoms in total.